The van der Waals surface area contributed by atoms with Gasteiger partial charge in [0.1, 0.15) is 4.99 Å². The van der Waals surface area contributed by atoms with E-state index >= 15 is 0 Å². The van der Waals surface area contributed by atoms with Crippen LogP contribution in [0, 0.1) is 5.92 Å². The van der Waals surface area contributed by atoms with Gasteiger partial charge in [0.2, 0.25) is 5.91 Å². The fourth-order valence-corrected chi connectivity index (χ4v) is 2.56. The number of nitrogens with one attached hydrogen (secondary N) is 1. The highest BCUT2D eigenvalue weighted by molar-refractivity contribution is 9.10. The van der Waals surface area contributed by atoms with Gasteiger partial charge in [-0.25, -0.2) is 0 Å². The van der Waals surface area contributed by atoms with E-state index in [1.807, 2.05) is 6.07 Å². The molecule has 6 heteroatoms. The lowest BCUT2D eigenvalue weighted by Gasteiger charge is -2.22. The molecule has 1 heterocycles. The fraction of sp³-hybridized carbons (Fsp3) is 0.385. The van der Waals surface area contributed by atoms with Crippen molar-refractivity contribution in [2.24, 2.45) is 11.7 Å². The Morgan fingerprint density at radius 3 is 2.95 bits per heavy atom. The number of hydrogen-bond donors (Lipinski definition) is 2. The predicted octanol–water partition coefficient (Wildman–Crippen LogP) is 2.45. The van der Waals surface area contributed by atoms with Crippen molar-refractivity contribution in [1.82, 2.24) is 0 Å². The van der Waals surface area contributed by atoms with Crippen LogP contribution in [0.5, 0.6) is 0 Å². The Morgan fingerprint density at radius 1 is 1.53 bits per heavy atom. The van der Waals surface area contributed by atoms with Crippen molar-refractivity contribution in [3.05, 3.63) is 28.2 Å². The first kappa shape index (κ1) is 14.4. The molecule has 1 aliphatic rings. The first-order valence-electron chi connectivity index (χ1n) is 6.06. The first-order valence-corrected chi connectivity index (χ1v) is 7.26. The third-order valence-electron chi connectivity index (χ3n) is 3.04. The minimum atomic E-state index is -0.105. The van der Waals surface area contributed by atoms with Gasteiger partial charge in [0.05, 0.1) is 18.2 Å². The van der Waals surface area contributed by atoms with Crippen molar-refractivity contribution in [1.29, 1.82) is 0 Å². The highest BCUT2D eigenvalue weighted by Crippen LogP contribution is 2.23. The number of nitrogens with two attached hydrogens (primary N) is 1. The molecule has 2 rings (SSSR count). The van der Waals surface area contributed by atoms with E-state index in [2.05, 4.69) is 21.2 Å². The van der Waals surface area contributed by atoms with Crippen molar-refractivity contribution in [3.8, 4) is 0 Å². The number of halogens is 1. The summed E-state index contributed by atoms with van der Waals surface area (Å²) in [6.07, 6.45) is 1.76. The number of carbonyl (C=O) groups excluding carboxylic acids is 1. The molecule has 0 saturated carbocycles. The molecule has 102 valence electrons. The molecular formula is C13H15BrN2O2S. The summed E-state index contributed by atoms with van der Waals surface area (Å²) in [5.41, 5.74) is 6.97. The average molecular weight is 343 g/mol. The molecule has 3 N–H and O–H groups in total. The van der Waals surface area contributed by atoms with Gasteiger partial charge in [-0.2, -0.15) is 0 Å². The number of carbonyl (C=O) groups is 1. The van der Waals surface area contributed by atoms with E-state index in [4.69, 9.17) is 22.7 Å². The molecule has 0 aliphatic carbocycles. The summed E-state index contributed by atoms with van der Waals surface area (Å²) in [6, 6.07) is 5.43. The lowest BCUT2D eigenvalue weighted by molar-refractivity contribution is -0.123. The van der Waals surface area contributed by atoms with Crippen LogP contribution in [-0.2, 0) is 9.53 Å². The van der Waals surface area contributed by atoms with E-state index in [0.29, 0.717) is 17.9 Å². The van der Waals surface area contributed by atoms with Crippen LogP contribution in [0.4, 0.5) is 5.69 Å². The van der Waals surface area contributed by atoms with Crippen molar-refractivity contribution >= 4 is 44.7 Å². The van der Waals surface area contributed by atoms with Gasteiger partial charge in [-0.3, -0.25) is 4.79 Å². The largest absolute Gasteiger partial charge is 0.389 e. The lowest BCUT2D eigenvalue weighted by atomic mass is 10.0. The number of rotatable bonds is 3. The summed E-state index contributed by atoms with van der Waals surface area (Å²) in [4.78, 5) is 12.4. The molecule has 0 bridgehead atoms. The van der Waals surface area contributed by atoms with Crippen LogP contribution in [0.3, 0.4) is 0 Å². The van der Waals surface area contributed by atoms with Crippen LogP contribution in [-0.4, -0.2) is 24.1 Å². The average Bonchev–Trinajstić information content (AvgIpc) is 2.39. The molecule has 4 nitrogen and oxygen atoms in total. The second-order valence-electron chi connectivity index (χ2n) is 4.46. The third kappa shape index (κ3) is 3.75. The van der Waals surface area contributed by atoms with Crippen LogP contribution >= 0.6 is 28.1 Å². The van der Waals surface area contributed by atoms with E-state index in [1.165, 1.54) is 0 Å². The Morgan fingerprint density at radius 2 is 2.32 bits per heavy atom. The zero-order chi connectivity index (χ0) is 13.8. The van der Waals surface area contributed by atoms with Crippen molar-refractivity contribution < 1.29 is 9.53 Å². The van der Waals surface area contributed by atoms with Gasteiger partial charge in [0, 0.05) is 16.6 Å². The topological polar surface area (TPSA) is 64.3 Å². The van der Waals surface area contributed by atoms with Crippen LogP contribution in [0.15, 0.2) is 22.7 Å². The Bertz CT molecular complexity index is 501. The second-order valence-corrected chi connectivity index (χ2v) is 5.81. The van der Waals surface area contributed by atoms with Crippen LogP contribution in [0.25, 0.3) is 0 Å². The fourth-order valence-electron chi connectivity index (χ4n) is 2.02. The zero-order valence-corrected chi connectivity index (χ0v) is 12.7. The molecule has 1 atom stereocenters. The van der Waals surface area contributed by atoms with E-state index in [-0.39, 0.29) is 16.8 Å². The van der Waals surface area contributed by atoms with Crippen LogP contribution in [0.2, 0.25) is 0 Å². The van der Waals surface area contributed by atoms with Crippen LogP contribution in [0.1, 0.15) is 18.4 Å². The Kier molecular flexibility index (Phi) is 4.90. The number of amides is 1. The normalized spacial score (nSPS) is 18.9. The van der Waals surface area contributed by atoms with Gasteiger partial charge in [-0.05, 0) is 31.0 Å². The molecular weight excluding hydrogens is 328 g/mol. The molecule has 1 aromatic rings. The number of anilines is 1. The predicted molar refractivity (Wildman–Crippen MR) is 82.2 cm³/mol. The molecule has 19 heavy (non-hydrogen) atoms. The highest BCUT2D eigenvalue weighted by Gasteiger charge is 2.22. The van der Waals surface area contributed by atoms with Gasteiger partial charge in [0.25, 0.3) is 0 Å². The minimum absolute atomic E-state index is 0.0460. The molecule has 1 aliphatic heterocycles. The van der Waals surface area contributed by atoms with E-state index in [1.54, 1.807) is 12.1 Å². The zero-order valence-electron chi connectivity index (χ0n) is 10.3. The quantitative estimate of drug-likeness (QED) is 0.828. The smallest absolute Gasteiger partial charge is 0.229 e. The second kappa shape index (κ2) is 6.45. The SMILES string of the molecule is NC(=S)c1ccc(Br)cc1NC(=O)C1CCCOC1. The molecule has 1 saturated heterocycles. The van der Waals surface area contributed by atoms with E-state index < -0.39 is 0 Å². The van der Waals surface area contributed by atoms with Crippen molar-refractivity contribution in [2.75, 3.05) is 18.5 Å². The molecule has 0 aromatic heterocycles. The maximum Gasteiger partial charge on any atom is 0.229 e. The standard InChI is InChI=1S/C13H15BrN2O2S/c14-9-3-4-10(12(15)19)11(6-9)16-13(17)8-2-1-5-18-7-8/h3-4,6,8H,1-2,5,7H2,(H2,15,19)(H,16,17). The monoisotopic (exact) mass is 342 g/mol. The van der Waals surface area contributed by atoms with Gasteiger partial charge in [-0.1, -0.05) is 28.1 Å². The van der Waals surface area contributed by atoms with Gasteiger partial charge < -0.3 is 15.8 Å². The first-order chi connectivity index (χ1) is 9.08. The number of benzene rings is 1. The Labute approximate surface area is 125 Å². The molecule has 1 fully saturated rings. The molecule has 1 aromatic carbocycles. The maximum atomic E-state index is 12.2. The summed E-state index contributed by atoms with van der Waals surface area (Å²) in [5, 5.41) is 2.89. The summed E-state index contributed by atoms with van der Waals surface area (Å²) in [7, 11) is 0. The Balaban J connectivity index is 2.15. The highest BCUT2D eigenvalue weighted by atomic mass is 79.9. The summed E-state index contributed by atoms with van der Waals surface area (Å²) < 4.78 is 6.19. The number of thiocarbonyl (C=S) groups is 1. The third-order valence-corrected chi connectivity index (χ3v) is 3.75. The summed E-state index contributed by atoms with van der Waals surface area (Å²) in [5.74, 6) is -0.151. The van der Waals surface area contributed by atoms with Crippen molar-refractivity contribution in [3.63, 3.8) is 0 Å². The summed E-state index contributed by atoms with van der Waals surface area (Å²) >= 11 is 8.36. The molecule has 1 amide bonds. The summed E-state index contributed by atoms with van der Waals surface area (Å²) in [6.45, 7) is 1.21. The molecule has 1 unspecified atom stereocenters. The lowest BCUT2D eigenvalue weighted by Crippen LogP contribution is -2.30. The van der Waals surface area contributed by atoms with E-state index in [9.17, 15) is 4.79 Å². The minimum Gasteiger partial charge on any atom is -0.389 e. The molecule has 0 radical (unpaired) electrons. The number of hydrogen-bond acceptors (Lipinski definition) is 3. The molecule has 0 spiro atoms. The maximum absolute atomic E-state index is 12.2. The van der Waals surface area contributed by atoms with E-state index in [0.717, 1.165) is 23.9 Å². The Hall–Kier alpha value is -0.980. The van der Waals surface area contributed by atoms with Gasteiger partial charge in [-0.15, -0.1) is 0 Å². The number of ether oxygens (including phenoxy) is 1. The van der Waals surface area contributed by atoms with Gasteiger partial charge >= 0.3 is 0 Å². The van der Waals surface area contributed by atoms with Crippen molar-refractivity contribution in [2.45, 2.75) is 12.8 Å². The van der Waals surface area contributed by atoms with Crippen LogP contribution < -0.4 is 11.1 Å². The van der Waals surface area contributed by atoms with Gasteiger partial charge in [0.15, 0.2) is 0 Å².